The lowest BCUT2D eigenvalue weighted by Gasteiger charge is -2.11. The topological polar surface area (TPSA) is 55.1 Å². The zero-order valence-electron chi connectivity index (χ0n) is 10.6. The Morgan fingerprint density at radius 2 is 2.20 bits per heavy atom. The molecule has 0 saturated carbocycles. The van der Waals surface area contributed by atoms with Crippen LogP contribution in [0.5, 0.6) is 0 Å². The smallest absolute Gasteiger partial charge is 0.255 e. The van der Waals surface area contributed by atoms with E-state index in [2.05, 4.69) is 20.4 Å². The van der Waals surface area contributed by atoms with Crippen LogP contribution in [0.2, 0.25) is 9.49 Å². The van der Waals surface area contributed by atoms with Gasteiger partial charge in [0.1, 0.15) is 17.3 Å². The molecule has 3 aromatic heterocycles. The Balaban J connectivity index is 1.80. The molecule has 0 aliphatic heterocycles. The van der Waals surface area contributed by atoms with Crippen LogP contribution in [0.25, 0.3) is 5.78 Å². The van der Waals surface area contributed by atoms with Crippen LogP contribution in [0, 0.1) is 6.92 Å². The summed E-state index contributed by atoms with van der Waals surface area (Å²) in [4.78, 5) is 9.45. The van der Waals surface area contributed by atoms with Crippen molar-refractivity contribution in [2.24, 2.45) is 0 Å². The fraction of sp³-hybridized carbons (Fsp3) is 0.250. The molecule has 104 valence electrons. The molecule has 0 spiro atoms. The van der Waals surface area contributed by atoms with E-state index in [9.17, 15) is 0 Å². The standard InChI is InChI=1S/C12H11Cl2N5S/c1-7-10(14)18-12-16-6-17-19(12)11(7)15-5-4-8-2-3-9(13)20-8/h2-3,6,15H,4-5H2,1H3. The number of aromatic nitrogens is 4. The number of rotatable bonds is 4. The number of halogens is 2. The normalized spacial score (nSPS) is 11.2. The first-order valence-corrected chi connectivity index (χ1v) is 7.56. The number of thiophene rings is 1. The number of fused-ring (bicyclic) bond motifs is 1. The van der Waals surface area contributed by atoms with Gasteiger partial charge in [0.05, 0.1) is 4.34 Å². The van der Waals surface area contributed by atoms with Crippen LogP contribution in [0.3, 0.4) is 0 Å². The van der Waals surface area contributed by atoms with Gasteiger partial charge in [-0.1, -0.05) is 23.2 Å². The molecule has 8 heteroatoms. The highest BCUT2D eigenvalue weighted by Gasteiger charge is 2.11. The molecule has 0 aromatic carbocycles. The van der Waals surface area contributed by atoms with Gasteiger partial charge in [-0.2, -0.15) is 19.6 Å². The molecule has 0 radical (unpaired) electrons. The van der Waals surface area contributed by atoms with Gasteiger partial charge in [-0.15, -0.1) is 11.3 Å². The van der Waals surface area contributed by atoms with Gasteiger partial charge in [0, 0.05) is 17.0 Å². The first-order chi connectivity index (χ1) is 9.65. The van der Waals surface area contributed by atoms with Gasteiger partial charge in [0.15, 0.2) is 0 Å². The zero-order chi connectivity index (χ0) is 14.1. The quantitative estimate of drug-likeness (QED) is 0.745. The number of hydrogen-bond acceptors (Lipinski definition) is 5. The summed E-state index contributed by atoms with van der Waals surface area (Å²) in [6.45, 7) is 2.66. The fourth-order valence-electron chi connectivity index (χ4n) is 1.90. The van der Waals surface area contributed by atoms with Gasteiger partial charge in [0.25, 0.3) is 5.78 Å². The van der Waals surface area contributed by atoms with Crippen LogP contribution in [0.1, 0.15) is 10.4 Å². The molecule has 0 unspecified atom stereocenters. The van der Waals surface area contributed by atoms with Crippen molar-refractivity contribution in [3.05, 3.63) is 38.4 Å². The summed E-state index contributed by atoms with van der Waals surface area (Å²) >= 11 is 13.6. The van der Waals surface area contributed by atoms with Crippen molar-refractivity contribution in [2.75, 3.05) is 11.9 Å². The average molecular weight is 328 g/mol. The maximum atomic E-state index is 6.10. The van der Waals surface area contributed by atoms with Crippen LogP contribution in [0.15, 0.2) is 18.5 Å². The van der Waals surface area contributed by atoms with Crippen LogP contribution >= 0.6 is 34.5 Å². The highest BCUT2D eigenvalue weighted by molar-refractivity contribution is 7.16. The van der Waals surface area contributed by atoms with E-state index in [1.807, 2.05) is 19.1 Å². The van der Waals surface area contributed by atoms with Gasteiger partial charge < -0.3 is 5.32 Å². The summed E-state index contributed by atoms with van der Waals surface area (Å²) in [7, 11) is 0. The minimum Gasteiger partial charge on any atom is -0.369 e. The van der Waals surface area contributed by atoms with Crippen molar-refractivity contribution in [1.29, 1.82) is 0 Å². The molecule has 0 aliphatic rings. The number of hydrogen-bond donors (Lipinski definition) is 1. The van der Waals surface area contributed by atoms with Crippen molar-refractivity contribution < 1.29 is 0 Å². The highest BCUT2D eigenvalue weighted by Crippen LogP contribution is 2.24. The largest absolute Gasteiger partial charge is 0.369 e. The Bertz CT molecular complexity index is 751. The Kier molecular flexibility index (Phi) is 3.78. The summed E-state index contributed by atoms with van der Waals surface area (Å²) in [5, 5.41) is 7.93. The van der Waals surface area contributed by atoms with Crippen molar-refractivity contribution in [3.63, 3.8) is 0 Å². The average Bonchev–Trinajstić information content (AvgIpc) is 3.03. The second-order valence-corrected chi connectivity index (χ2v) is 6.39. The summed E-state index contributed by atoms with van der Waals surface area (Å²) in [5.74, 6) is 1.31. The number of nitrogens with one attached hydrogen (secondary N) is 1. The lowest BCUT2D eigenvalue weighted by molar-refractivity contribution is 0.907. The third-order valence-corrected chi connectivity index (χ3v) is 4.56. The molecule has 3 aromatic rings. The van der Waals surface area contributed by atoms with Crippen molar-refractivity contribution >= 4 is 46.1 Å². The molecular weight excluding hydrogens is 317 g/mol. The van der Waals surface area contributed by atoms with E-state index in [0.29, 0.717) is 10.9 Å². The highest BCUT2D eigenvalue weighted by atomic mass is 35.5. The van der Waals surface area contributed by atoms with Crippen molar-refractivity contribution in [2.45, 2.75) is 13.3 Å². The molecule has 1 N–H and O–H groups in total. The van der Waals surface area contributed by atoms with Crippen molar-refractivity contribution in [3.8, 4) is 0 Å². The Morgan fingerprint density at radius 1 is 1.35 bits per heavy atom. The summed E-state index contributed by atoms with van der Waals surface area (Å²) in [6, 6.07) is 3.94. The van der Waals surface area contributed by atoms with E-state index in [1.165, 1.54) is 11.2 Å². The Labute approximate surface area is 129 Å². The minimum atomic E-state index is 0.437. The van der Waals surface area contributed by atoms with Crippen LogP contribution in [-0.4, -0.2) is 26.1 Å². The molecule has 20 heavy (non-hydrogen) atoms. The van der Waals surface area contributed by atoms with Crippen LogP contribution in [0.4, 0.5) is 5.82 Å². The van der Waals surface area contributed by atoms with E-state index in [0.717, 1.165) is 28.7 Å². The molecule has 0 saturated heterocycles. The number of nitrogens with zero attached hydrogens (tertiary/aromatic N) is 4. The fourth-order valence-corrected chi connectivity index (χ4v) is 3.15. The van der Waals surface area contributed by atoms with Gasteiger partial charge in [-0.25, -0.2) is 0 Å². The zero-order valence-corrected chi connectivity index (χ0v) is 12.9. The SMILES string of the molecule is Cc1c(Cl)nc2ncnn2c1NCCc1ccc(Cl)s1. The van der Waals surface area contributed by atoms with Gasteiger partial charge >= 0.3 is 0 Å². The lowest BCUT2D eigenvalue weighted by atomic mass is 10.3. The van der Waals surface area contributed by atoms with E-state index in [4.69, 9.17) is 23.2 Å². The molecule has 0 amide bonds. The molecule has 0 bridgehead atoms. The predicted molar refractivity (Wildman–Crippen MR) is 82.1 cm³/mol. The van der Waals surface area contributed by atoms with E-state index < -0.39 is 0 Å². The second kappa shape index (κ2) is 5.55. The Hall–Kier alpha value is -1.37. The summed E-state index contributed by atoms with van der Waals surface area (Å²) in [6.07, 6.45) is 2.34. The molecule has 0 fully saturated rings. The molecular formula is C12H11Cl2N5S. The molecule has 3 rings (SSSR count). The van der Waals surface area contributed by atoms with E-state index in [1.54, 1.807) is 15.9 Å². The molecule has 0 aliphatic carbocycles. The van der Waals surface area contributed by atoms with Gasteiger partial charge in [-0.3, -0.25) is 0 Å². The molecule has 3 heterocycles. The number of anilines is 1. The van der Waals surface area contributed by atoms with Gasteiger partial charge in [0.2, 0.25) is 0 Å². The van der Waals surface area contributed by atoms with Gasteiger partial charge in [-0.05, 0) is 25.5 Å². The Morgan fingerprint density at radius 3 is 2.95 bits per heavy atom. The maximum absolute atomic E-state index is 6.10. The van der Waals surface area contributed by atoms with Crippen LogP contribution in [-0.2, 0) is 6.42 Å². The molecule has 5 nitrogen and oxygen atoms in total. The maximum Gasteiger partial charge on any atom is 0.255 e. The first kappa shape index (κ1) is 13.6. The predicted octanol–water partition coefficient (Wildman–Crippen LogP) is 3.46. The van der Waals surface area contributed by atoms with E-state index >= 15 is 0 Å². The van der Waals surface area contributed by atoms with Crippen LogP contribution < -0.4 is 5.32 Å². The minimum absolute atomic E-state index is 0.437. The third-order valence-electron chi connectivity index (χ3n) is 2.90. The summed E-state index contributed by atoms with van der Waals surface area (Å²) in [5.41, 5.74) is 0.855. The second-order valence-electron chi connectivity index (χ2n) is 4.23. The molecule has 0 atom stereocenters. The van der Waals surface area contributed by atoms with Crippen molar-refractivity contribution in [1.82, 2.24) is 19.6 Å². The third kappa shape index (κ3) is 2.59. The summed E-state index contributed by atoms with van der Waals surface area (Å²) < 4.78 is 2.46. The lowest BCUT2D eigenvalue weighted by Crippen LogP contribution is -2.11. The monoisotopic (exact) mass is 327 g/mol. The first-order valence-electron chi connectivity index (χ1n) is 5.99. The van der Waals surface area contributed by atoms with E-state index in [-0.39, 0.29) is 0 Å².